The van der Waals surface area contributed by atoms with Crippen molar-refractivity contribution in [2.45, 2.75) is 32.3 Å². The Kier molecular flexibility index (Phi) is 3.91. The maximum atomic E-state index is 10.6. The zero-order valence-electron chi connectivity index (χ0n) is 11.4. The summed E-state index contributed by atoms with van der Waals surface area (Å²) in [6.45, 7) is 3.93. The monoisotopic (exact) mass is 256 g/mol. The molecule has 0 aliphatic heterocycles. The molecular formula is C17H20O2. The average molecular weight is 256 g/mol. The van der Waals surface area contributed by atoms with Gasteiger partial charge in [-0.15, -0.1) is 0 Å². The van der Waals surface area contributed by atoms with Gasteiger partial charge in [-0.3, -0.25) is 0 Å². The van der Waals surface area contributed by atoms with Crippen LogP contribution < -0.4 is 0 Å². The van der Waals surface area contributed by atoms with E-state index in [0.29, 0.717) is 6.42 Å². The minimum atomic E-state index is -0.900. The van der Waals surface area contributed by atoms with E-state index < -0.39 is 5.60 Å². The molecule has 0 aromatic heterocycles. The van der Waals surface area contributed by atoms with Crippen LogP contribution in [0.5, 0.6) is 5.75 Å². The van der Waals surface area contributed by atoms with Crippen molar-refractivity contribution in [3.8, 4) is 5.75 Å². The Labute approximate surface area is 114 Å². The maximum absolute atomic E-state index is 10.6. The van der Waals surface area contributed by atoms with Crippen molar-refractivity contribution in [2.24, 2.45) is 0 Å². The van der Waals surface area contributed by atoms with Crippen LogP contribution in [-0.4, -0.2) is 10.2 Å². The van der Waals surface area contributed by atoms with Crippen molar-refractivity contribution in [3.63, 3.8) is 0 Å². The zero-order chi connectivity index (χ0) is 13.9. The van der Waals surface area contributed by atoms with Crippen LogP contribution in [0.1, 0.15) is 30.5 Å². The molecule has 0 aliphatic rings. The van der Waals surface area contributed by atoms with Crippen LogP contribution in [0.25, 0.3) is 0 Å². The molecule has 0 saturated carbocycles. The predicted molar refractivity (Wildman–Crippen MR) is 77.2 cm³/mol. The topological polar surface area (TPSA) is 40.5 Å². The summed E-state index contributed by atoms with van der Waals surface area (Å²) in [5.41, 5.74) is 2.29. The first-order valence-corrected chi connectivity index (χ1v) is 6.61. The number of hydrogen-bond donors (Lipinski definition) is 2. The van der Waals surface area contributed by atoms with E-state index in [2.05, 4.69) is 19.1 Å². The highest BCUT2D eigenvalue weighted by Gasteiger charge is 2.23. The molecule has 0 spiro atoms. The number of aliphatic hydroxyl groups is 1. The highest BCUT2D eigenvalue weighted by molar-refractivity contribution is 5.31. The van der Waals surface area contributed by atoms with Gasteiger partial charge in [0.15, 0.2) is 0 Å². The van der Waals surface area contributed by atoms with Crippen molar-refractivity contribution in [2.75, 3.05) is 0 Å². The summed E-state index contributed by atoms with van der Waals surface area (Å²) in [4.78, 5) is 0. The number of phenols is 1. The average Bonchev–Trinajstić information content (AvgIpc) is 2.41. The van der Waals surface area contributed by atoms with Gasteiger partial charge in [-0.25, -0.2) is 0 Å². The molecule has 1 unspecified atom stereocenters. The molecule has 2 rings (SSSR count). The van der Waals surface area contributed by atoms with Gasteiger partial charge < -0.3 is 10.2 Å². The van der Waals surface area contributed by atoms with Crippen LogP contribution in [0, 0.1) is 0 Å². The standard InChI is InChI=1S/C17H20O2/c1-3-13-4-8-15(9-5-13)17(2,19)12-14-6-10-16(18)11-7-14/h4-11,18-19H,3,12H2,1-2H3. The Morgan fingerprint density at radius 2 is 1.42 bits per heavy atom. The summed E-state index contributed by atoms with van der Waals surface area (Å²) in [5, 5.41) is 19.9. The molecule has 0 aliphatic carbocycles. The fraction of sp³-hybridized carbons (Fsp3) is 0.294. The van der Waals surface area contributed by atoms with Crippen LogP contribution in [0.15, 0.2) is 48.5 Å². The maximum Gasteiger partial charge on any atom is 0.115 e. The summed E-state index contributed by atoms with van der Waals surface area (Å²) >= 11 is 0. The van der Waals surface area contributed by atoms with Crippen LogP contribution in [-0.2, 0) is 18.4 Å². The van der Waals surface area contributed by atoms with E-state index in [1.807, 2.05) is 31.2 Å². The van der Waals surface area contributed by atoms with Gasteiger partial charge in [-0.05, 0) is 42.2 Å². The number of aryl methyl sites for hydroxylation is 1. The smallest absolute Gasteiger partial charge is 0.115 e. The van der Waals surface area contributed by atoms with Gasteiger partial charge in [0.1, 0.15) is 5.75 Å². The Hall–Kier alpha value is -1.80. The van der Waals surface area contributed by atoms with E-state index in [9.17, 15) is 10.2 Å². The third kappa shape index (κ3) is 3.36. The second kappa shape index (κ2) is 5.45. The quantitative estimate of drug-likeness (QED) is 0.880. The van der Waals surface area contributed by atoms with Gasteiger partial charge in [0.25, 0.3) is 0 Å². The summed E-state index contributed by atoms with van der Waals surface area (Å²) in [6.07, 6.45) is 1.53. The Balaban J connectivity index is 2.18. The molecule has 0 amide bonds. The summed E-state index contributed by atoms with van der Waals surface area (Å²) in [7, 11) is 0. The van der Waals surface area contributed by atoms with Crippen molar-refractivity contribution >= 4 is 0 Å². The molecule has 2 heteroatoms. The van der Waals surface area contributed by atoms with Crippen LogP contribution in [0.2, 0.25) is 0 Å². The minimum absolute atomic E-state index is 0.246. The second-order valence-corrected chi connectivity index (χ2v) is 5.17. The van der Waals surface area contributed by atoms with Gasteiger partial charge in [-0.1, -0.05) is 43.3 Å². The Morgan fingerprint density at radius 1 is 0.895 bits per heavy atom. The molecule has 0 saturated heterocycles. The molecule has 2 aromatic rings. The van der Waals surface area contributed by atoms with Gasteiger partial charge in [0.2, 0.25) is 0 Å². The van der Waals surface area contributed by atoms with E-state index in [-0.39, 0.29) is 5.75 Å². The lowest BCUT2D eigenvalue weighted by atomic mass is 9.88. The molecule has 1 atom stereocenters. The number of benzene rings is 2. The fourth-order valence-electron chi connectivity index (χ4n) is 2.21. The summed E-state index contributed by atoms with van der Waals surface area (Å²) < 4.78 is 0. The molecule has 2 nitrogen and oxygen atoms in total. The zero-order valence-corrected chi connectivity index (χ0v) is 11.4. The number of hydrogen-bond acceptors (Lipinski definition) is 2. The van der Waals surface area contributed by atoms with E-state index in [4.69, 9.17) is 0 Å². The van der Waals surface area contributed by atoms with Gasteiger partial charge in [0.05, 0.1) is 5.60 Å². The van der Waals surface area contributed by atoms with E-state index in [0.717, 1.165) is 17.5 Å². The third-order valence-corrected chi connectivity index (χ3v) is 3.47. The lowest BCUT2D eigenvalue weighted by Crippen LogP contribution is -2.24. The van der Waals surface area contributed by atoms with E-state index in [1.54, 1.807) is 12.1 Å². The van der Waals surface area contributed by atoms with Crippen molar-refractivity contribution < 1.29 is 10.2 Å². The van der Waals surface area contributed by atoms with Crippen LogP contribution in [0.3, 0.4) is 0 Å². The minimum Gasteiger partial charge on any atom is -0.508 e. The molecule has 0 bridgehead atoms. The first kappa shape index (κ1) is 13.6. The first-order chi connectivity index (χ1) is 9.01. The van der Waals surface area contributed by atoms with Gasteiger partial charge >= 0.3 is 0 Å². The van der Waals surface area contributed by atoms with Crippen LogP contribution >= 0.6 is 0 Å². The normalized spacial score (nSPS) is 14.1. The molecule has 0 heterocycles. The van der Waals surface area contributed by atoms with Gasteiger partial charge in [0, 0.05) is 6.42 Å². The predicted octanol–water partition coefficient (Wildman–Crippen LogP) is 3.40. The number of phenolic OH excluding ortho intramolecular Hbond substituents is 1. The summed E-state index contributed by atoms with van der Waals surface area (Å²) in [5.74, 6) is 0.246. The molecule has 2 aromatic carbocycles. The van der Waals surface area contributed by atoms with Crippen LogP contribution in [0.4, 0.5) is 0 Å². The van der Waals surface area contributed by atoms with Crippen molar-refractivity contribution in [1.29, 1.82) is 0 Å². The first-order valence-electron chi connectivity index (χ1n) is 6.61. The lowest BCUT2D eigenvalue weighted by Gasteiger charge is -2.24. The second-order valence-electron chi connectivity index (χ2n) is 5.17. The third-order valence-electron chi connectivity index (χ3n) is 3.47. The molecule has 2 N–H and O–H groups in total. The Bertz CT molecular complexity index is 524. The molecule has 0 fully saturated rings. The van der Waals surface area contributed by atoms with Gasteiger partial charge in [-0.2, -0.15) is 0 Å². The molecule has 100 valence electrons. The number of aromatic hydroxyl groups is 1. The fourth-order valence-corrected chi connectivity index (χ4v) is 2.21. The van der Waals surface area contributed by atoms with E-state index >= 15 is 0 Å². The number of rotatable bonds is 4. The SMILES string of the molecule is CCc1ccc(C(C)(O)Cc2ccc(O)cc2)cc1. The largest absolute Gasteiger partial charge is 0.508 e. The van der Waals surface area contributed by atoms with Crippen molar-refractivity contribution in [1.82, 2.24) is 0 Å². The van der Waals surface area contributed by atoms with Crippen molar-refractivity contribution in [3.05, 3.63) is 65.2 Å². The van der Waals surface area contributed by atoms with E-state index in [1.165, 1.54) is 5.56 Å². The lowest BCUT2D eigenvalue weighted by molar-refractivity contribution is 0.0576. The highest BCUT2D eigenvalue weighted by Crippen LogP contribution is 2.26. The molecular weight excluding hydrogens is 236 g/mol. The highest BCUT2D eigenvalue weighted by atomic mass is 16.3. The Morgan fingerprint density at radius 3 is 1.95 bits per heavy atom. The summed E-state index contributed by atoms with van der Waals surface area (Å²) in [6, 6.07) is 15.0. The molecule has 0 radical (unpaired) electrons. The molecule has 19 heavy (non-hydrogen) atoms.